The highest BCUT2D eigenvalue weighted by atomic mass is 127. The maximum Gasteiger partial charge on any atom is 0.0215 e. The zero-order valence-corrected chi connectivity index (χ0v) is 17.0. The predicted octanol–water partition coefficient (Wildman–Crippen LogP) is 7.42. The van der Waals surface area contributed by atoms with Gasteiger partial charge in [-0.2, -0.15) is 0 Å². The van der Waals surface area contributed by atoms with E-state index < -0.39 is 0 Å². The Morgan fingerprint density at radius 1 is 0.615 bits per heavy atom. The zero-order valence-electron chi connectivity index (χ0n) is 14.9. The third kappa shape index (κ3) is 2.13. The molecule has 4 aromatic carbocycles. The highest BCUT2D eigenvalue weighted by Crippen LogP contribution is 2.52. The van der Waals surface area contributed by atoms with Crippen molar-refractivity contribution in [3.05, 3.63) is 93.6 Å². The van der Waals surface area contributed by atoms with Gasteiger partial charge in [0.25, 0.3) is 0 Å². The van der Waals surface area contributed by atoms with E-state index in [0.29, 0.717) is 0 Å². The van der Waals surface area contributed by atoms with Crippen LogP contribution in [0.5, 0.6) is 0 Å². The number of hydrogen-bond donors (Lipinski definition) is 0. The van der Waals surface area contributed by atoms with Gasteiger partial charge in [-0.25, -0.2) is 0 Å². The van der Waals surface area contributed by atoms with Crippen LogP contribution >= 0.6 is 22.6 Å². The van der Waals surface area contributed by atoms with E-state index >= 15 is 0 Å². The predicted molar refractivity (Wildman–Crippen MR) is 120 cm³/mol. The molecular formula is C25H19I. The summed E-state index contributed by atoms with van der Waals surface area (Å²) in [6.45, 7) is 4.68. The largest absolute Gasteiger partial charge is 0.0619 e. The van der Waals surface area contributed by atoms with Gasteiger partial charge in [0, 0.05) is 14.4 Å². The van der Waals surface area contributed by atoms with E-state index in [1.165, 1.54) is 47.7 Å². The van der Waals surface area contributed by atoms with E-state index in [0.717, 1.165) is 0 Å². The number of fused-ring (bicyclic) bond motifs is 4. The lowest BCUT2D eigenvalue weighted by atomic mass is 9.82. The lowest BCUT2D eigenvalue weighted by Gasteiger charge is -2.21. The first-order valence-corrected chi connectivity index (χ1v) is 10.1. The topological polar surface area (TPSA) is 0 Å². The molecule has 0 heterocycles. The molecule has 0 bridgehead atoms. The molecule has 4 aromatic rings. The van der Waals surface area contributed by atoms with Gasteiger partial charge in [-0.05, 0) is 67.4 Å². The van der Waals surface area contributed by atoms with Gasteiger partial charge in [-0.15, -0.1) is 0 Å². The van der Waals surface area contributed by atoms with Crippen molar-refractivity contribution in [3.63, 3.8) is 0 Å². The van der Waals surface area contributed by atoms with E-state index in [4.69, 9.17) is 0 Å². The molecule has 0 radical (unpaired) electrons. The molecule has 1 aliphatic rings. The Morgan fingerprint density at radius 3 is 2.08 bits per heavy atom. The summed E-state index contributed by atoms with van der Waals surface area (Å²) in [5.41, 5.74) is 8.36. The summed E-state index contributed by atoms with van der Waals surface area (Å²) in [5, 5.41) is 2.66. The quantitative estimate of drug-likeness (QED) is 0.267. The van der Waals surface area contributed by atoms with Crippen LogP contribution in [0, 0.1) is 3.57 Å². The van der Waals surface area contributed by atoms with Crippen molar-refractivity contribution in [2.24, 2.45) is 0 Å². The van der Waals surface area contributed by atoms with Crippen LogP contribution in [-0.4, -0.2) is 0 Å². The van der Waals surface area contributed by atoms with E-state index in [9.17, 15) is 0 Å². The van der Waals surface area contributed by atoms with Crippen molar-refractivity contribution < 1.29 is 0 Å². The summed E-state index contributed by atoms with van der Waals surface area (Å²) in [7, 11) is 0. The summed E-state index contributed by atoms with van der Waals surface area (Å²) in [6.07, 6.45) is 0. The Hall–Kier alpha value is -2.13. The Morgan fingerprint density at radius 2 is 1.23 bits per heavy atom. The minimum atomic E-state index is 0.0413. The molecule has 1 aliphatic carbocycles. The Kier molecular flexibility index (Phi) is 3.51. The van der Waals surface area contributed by atoms with Gasteiger partial charge >= 0.3 is 0 Å². The van der Waals surface area contributed by atoms with Gasteiger partial charge in [0.1, 0.15) is 0 Å². The van der Waals surface area contributed by atoms with Gasteiger partial charge in [0.2, 0.25) is 0 Å². The van der Waals surface area contributed by atoms with E-state index in [2.05, 4.69) is 115 Å². The van der Waals surface area contributed by atoms with E-state index in [-0.39, 0.29) is 5.41 Å². The average molecular weight is 446 g/mol. The number of halogens is 1. The fourth-order valence-corrected chi connectivity index (χ4v) is 5.31. The fraction of sp³-hybridized carbons (Fsp3) is 0.120. The highest BCUT2D eigenvalue weighted by molar-refractivity contribution is 14.1. The maximum absolute atomic E-state index is 2.47. The van der Waals surface area contributed by atoms with Crippen molar-refractivity contribution in [2.45, 2.75) is 19.3 Å². The molecule has 1 heteroatoms. The van der Waals surface area contributed by atoms with Crippen LogP contribution in [0.3, 0.4) is 0 Å². The molecule has 0 fully saturated rings. The number of hydrogen-bond acceptors (Lipinski definition) is 0. The maximum atomic E-state index is 2.47. The molecule has 0 saturated heterocycles. The van der Waals surface area contributed by atoms with Gasteiger partial charge in [-0.1, -0.05) is 86.6 Å². The fourth-order valence-electron chi connectivity index (χ4n) is 4.50. The molecule has 0 amide bonds. The van der Waals surface area contributed by atoms with Crippen molar-refractivity contribution in [1.82, 2.24) is 0 Å². The van der Waals surface area contributed by atoms with Crippen molar-refractivity contribution in [3.8, 4) is 22.3 Å². The van der Waals surface area contributed by atoms with Gasteiger partial charge < -0.3 is 0 Å². The molecular weight excluding hydrogens is 427 g/mol. The molecule has 0 unspecified atom stereocenters. The SMILES string of the molecule is CC1(C)c2ccccc2-c2c(-c3cccc4cccc(I)c34)cccc21. The second kappa shape index (κ2) is 5.68. The van der Waals surface area contributed by atoms with Crippen LogP contribution in [0.15, 0.2) is 78.9 Å². The smallest absolute Gasteiger partial charge is 0.0215 e. The minimum absolute atomic E-state index is 0.0413. The monoisotopic (exact) mass is 446 g/mol. The van der Waals surface area contributed by atoms with Crippen LogP contribution < -0.4 is 0 Å². The Balaban J connectivity index is 1.91. The Labute approximate surface area is 168 Å². The average Bonchev–Trinajstić information content (AvgIpc) is 2.90. The summed E-state index contributed by atoms with van der Waals surface area (Å²) < 4.78 is 1.30. The molecule has 26 heavy (non-hydrogen) atoms. The zero-order chi connectivity index (χ0) is 17.9. The van der Waals surface area contributed by atoms with Crippen LogP contribution in [-0.2, 0) is 5.41 Å². The highest BCUT2D eigenvalue weighted by Gasteiger charge is 2.36. The van der Waals surface area contributed by atoms with Crippen LogP contribution in [0.1, 0.15) is 25.0 Å². The summed E-state index contributed by atoms with van der Waals surface area (Å²) in [4.78, 5) is 0. The summed E-state index contributed by atoms with van der Waals surface area (Å²) in [6, 6.07) is 28.9. The third-order valence-electron chi connectivity index (χ3n) is 5.75. The molecule has 0 N–H and O–H groups in total. The van der Waals surface area contributed by atoms with Crippen molar-refractivity contribution in [2.75, 3.05) is 0 Å². The number of rotatable bonds is 1. The molecule has 0 saturated carbocycles. The minimum Gasteiger partial charge on any atom is -0.0619 e. The Bertz CT molecular complexity index is 1160. The summed E-state index contributed by atoms with van der Waals surface area (Å²) in [5.74, 6) is 0. The third-order valence-corrected chi connectivity index (χ3v) is 6.65. The van der Waals surface area contributed by atoms with E-state index in [1.54, 1.807) is 0 Å². The molecule has 0 aliphatic heterocycles. The number of benzene rings is 4. The molecule has 0 aromatic heterocycles. The lowest BCUT2D eigenvalue weighted by molar-refractivity contribution is 0.660. The van der Waals surface area contributed by atoms with Crippen LogP contribution in [0.2, 0.25) is 0 Å². The van der Waals surface area contributed by atoms with Gasteiger partial charge in [-0.3, -0.25) is 0 Å². The van der Waals surface area contributed by atoms with Gasteiger partial charge in [0.15, 0.2) is 0 Å². The van der Waals surface area contributed by atoms with Crippen molar-refractivity contribution in [1.29, 1.82) is 0 Å². The first-order chi connectivity index (χ1) is 12.6. The van der Waals surface area contributed by atoms with E-state index in [1.807, 2.05) is 0 Å². The van der Waals surface area contributed by atoms with Crippen molar-refractivity contribution >= 4 is 33.4 Å². The van der Waals surface area contributed by atoms with Crippen LogP contribution in [0.25, 0.3) is 33.0 Å². The first-order valence-electron chi connectivity index (χ1n) is 9.00. The molecule has 5 rings (SSSR count). The standard InChI is InChI=1S/C25H19I/c1-25(2)20-13-4-3-10-19(20)24-18(12-7-14-21(24)25)17-11-5-8-16-9-6-15-22(26)23(16)17/h3-15H,1-2H3. The lowest BCUT2D eigenvalue weighted by Crippen LogP contribution is -2.14. The molecule has 0 atom stereocenters. The normalized spacial score (nSPS) is 14.3. The summed E-state index contributed by atoms with van der Waals surface area (Å²) >= 11 is 2.47. The second-order valence-electron chi connectivity index (χ2n) is 7.54. The van der Waals surface area contributed by atoms with Crippen LogP contribution in [0.4, 0.5) is 0 Å². The molecule has 0 spiro atoms. The second-order valence-corrected chi connectivity index (χ2v) is 8.70. The molecule has 126 valence electrons. The van der Waals surface area contributed by atoms with Gasteiger partial charge in [0.05, 0.1) is 0 Å². The molecule has 0 nitrogen and oxygen atoms in total. The first kappa shape index (κ1) is 16.1.